The minimum atomic E-state index is 0.0643. The maximum absolute atomic E-state index is 6.26. The maximum Gasteiger partial charge on any atom is 0.0293 e. The third kappa shape index (κ3) is 2.58. The molecule has 1 saturated heterocycles. The third-order valence-corrected chi connectivity index (χ3v) is 3.42. The van der Waals surface area contributed by atoms with E-state index in [-0.39, 0.29) is 5.54 Å². The molecule has 2 rings (SSSR count). The van der Waals surface area contributed by atoms with Crippen LogP contribution in [0.1, 0.15) is 25.3 Å². The number of nitrogens with zero attached hydrogens (tertiary/aromatic N) is 1. The van der Waals surface area contributed by atoms with Crippen molar-refractivity contribution in [3.8, 4) is 0 Å². The third-order valence-electron chi connectivity index (χ3n) is 3.42. The van der Waals surface area contributed by atoms with Gasteiger partial charge in [0, 0.05) is 25.2 Å². The van der Waals surface area contributed by atoms with Crippen molar-refractivity contribution >= 4 is 0 Å². The summed E-state index contributed by atoms with van der Waals surface area (Å²) in [7, 11) is 0. The van der Waals surface area contributed by atoms with Gasteiger partial charge in [0.2, 0.25) is 0 Å². The molecule has 0 amide bonds. The van der Waals surface area contributed by atoms with Gasteiger partial charge < -0.3 is 5.73 Å². The van der Waals surface area contributed by atoms with Crippen LogP contribution in [0.3, 0.4) is 0 Å². The summed E-state index contributed by atoms with van der Waals surface area (Å²) in [6, 6.07) is 10.6. The Morgan fingerprint density at radius 3 is 2.67 bits per heavy atom. The average molecular weight is 204 g/mol. The summed E-state index contributed by atoms with van der Waals surface area (Å²) in [6.45, 7) is 5.41. The van der Waals surface area contributed by atoms with E-state index in [1.165, 1.54) is 5.56 Å². The van der Waals surface area contributed by atoms with Crippen molar-refractivity contribution in [2.24, 2.45) is 5.73 Å². The molecule has 0 radical (unpaired) electrons. The van der Waals surface area contributed by atoms with E-state index in [0.717, 1.165) is 32.5 Å². The van der Waals surface area contributed by atoms with Crippen molar-refractivity contribution in [1.82, 2.24) is 4.90 Å². The van der Waals surface area contributed by atoms with Gasteiger partial charge in [-0.25, -0.2) is 0 Å². The van der Waals surface area contributed by atoms with Gasteiger partial charge >= 0.3 is 0 Å². The van der Waals surface area contributed by atoms with Gasteiger partial charge in [-0.05, 0) is 18.4 Å². The van der Waals surface area contributed by atoms with Crippen LogP contribution in [-0.4, -0.2) is 23.5 Å². The van der Waals surface area contributed by atoms with Crippen LogP contribution >= 0.6 is 0 Å². The molecule has 82 valence electrons. The highest BCUT2D eigenvalue weighted by Crippen LogP contribution is 2.23. The van der Waals surface area contributed by atoms with Crippen LogP contribution in [0, 0.1) is 0 Å². The molecule has 15 heavy (non-hydrogen) atoms. The minimum absolute atomic E-state index is 0.0643. The normalized spacial score (nSPS) is 27.1. The van der Waals surface area contributed by atoms with Crippen molar-refractivity contribution in [1.29, 1.82) is 0 Å². The second kappa shape index (κ2) is 4.33. The van der Waals surface area contributed by atoms with Crippen LogP contribution in [0.4, 0.5) is 0 Å². The minimum Gasteiger partial charge on any atom is -0.324 e. The molecule has 1 aliphatic heterocycles. The summed E-state index contributed by atoms with van der Waals surface area (Å²) < 4.78 is 0. The van der Waals surface area contributed by atoms with Gasteiger partial charge in [0.05, 0.1) is 0 Å². The highest BCUT2D eigenvalue weighted by molar-refractivity contribution is 5.15. The number of hydrogen-bond acceptors (Lipinski definition) is 2. The smallest absolute Gasteiger partial charge is 0.0293 e. The lowest BCUT2D eigenvalue weighted by Gasteiger charge is -2.22. The number of nitrogens with two attached hydrogens (primary N) is 1. The van der Waals surface area contributed by atoms with E-state index in [4.69, 9.17) is 5.73 Å². The fourth-order valence-corrected chi connectivity index (χ4v) is 2.25. The molecule has 1 aliphatic rings. The molecule has 1 unspecified atom stereocenters. The molecule has 2 N–H and O–H groups in total. The Morgan fingerprint density at radius 1 is 1.33 bits per heavy atom. The van der Waals surface area contributed by atoms with Crippen LogP contribution in [0.5, 0.6) is 0 Å². The van der Waals surface area contributed by atoms with Crippen LogP contribution < -0.4 is 5.73 Å². The molecule has 1 aromatic rings. The molecule has 1 aromatic carbocycles. The Labute approximate surface area is 92.1 Å². The second-order valence-electron chi connectivity index (χ2n) is 4.66. The molecular weight excluding hydrogens is 184 g/mol. The first kappa shape index (κ1) is 10.7. The van der Waals surface area contributed by atoms with Crippen molar-refractivity contribution in [2.75, 3.05) is 13.1 Å². The molecule has 1 fully saturated rings. The van der Waals surface area contributed by atoms with Gasteiger partial charge in [-0.2, -0.15) is 0 Å². The Morgan fingerprint density at radius 2 is 2.07 bits per heavy atom. The summed E-state index contributed by atoms with van der Waals surface area (Å²) in [4.78, 5) is 2.46. The number of likely N-dealkylation sites (tertiary alicyclic amines) is 1. The van der Waals surface area contributed by atoms with Crippen molar-refractivity contribution < 1.29 is 0 Å². The van der Waals surface area contributed by atoms with Gasteiger partial charge in [-0.1, -0.05) is 37.3 Å². The molecule has 0 bridgehead atoms. The first-order valence-corrected chi connectivity index (χ1v) is 5.77. The van der Waals surface area contributed by atoms with E-state index in [9.17, 15) is 0 Å². The summed E-state index contributed by atoms with van der Waals surface area (Å²) >= 11 is 0. The van der Waals surface area contributed by atoms with Gasteiger partial charge in [0.25, 0.3) is 0 Å². The van der Waals surface area contributed by atoms with E-state index in [1.54, 1.807) is 0 Å². The highest BCUT2D eigenvalue weighted by atomic mass is 15.2. The molecule has 0 saturated carbocycles. The summed E-state index contributed by atoms with van der Waals surface area (Å²) in [5.41, 5.74) is 7.71. The topological polar surface area (TPSA) is 29.3 Å². The van der Waals surface area contributed by atoms with Crippen LogP contribution in [0.2, 0.25) is 0 Å². The van der Waals surface area contributed by atoms with Crippen molar-refractivity contribution in [2.45, 2.75) is 31.8 Å². The van der Waals surface area contributed by atoms with Crippen LogP contribution in [0.25, 0.3) is 0 Å². The molecule has 0 spiro atoms. The van der Waals surface area contributed by atoms with Crippen LogP contribution in [-0.2, 0) is 6.54 Å². The van der Waals surface area contributed by atoms with Gasteiger partial charge in [-0.3, -0.25) is 4.90 Å². The molecule has 0 aliphatic carbocycles. The maximum atomic E-state index is 6.26. The standard InChI is InChI=1S/C13H20N2/c1-2-13(14)8-9-15(11-13)10-12-6-4-3-5-7-12/h3-7H,2,8-11,14H2,1H3. The first-order chi connectivity index (χ1) is 7.22. The lowest BCUT2D eigenvalue weighted by Crippen LogP contribution is -2.41. The zero-order chi connectivity index (χ0) is 10.7. The van der Waals surface area contributed by atoms with Gasteiger partial charge in [-0.15, -0.1) is 0 Å². The van der Waals surface area contributed by atoms with Gasteiger partial charge in [0.15, 0.2) is 0 Å². The molecule has 2 heteroatoms. The lowest BCUT2D eigenvalue weighted by molar-refractivity contribution is 0.300. The number of benzene rings is 1. The molecular formula is C13H20N2. The SMILES string of the molecule is CCC1(N)CCN(Cc2ccccc2)C1. The average Bonchev–Trinajstić information content (AvgIpc) is 2.63. The quantitative estimate of drug-likeness (QED) is 0.816. The first-order valence-electron chi connectivity index (χ1n) is 5.77. The summed E-state index contributed by atoms with van der Waals surface area (Å²) in [6.07, 6.45) is 2.22. The van der Waals surface area contributed by atoms with E-state index >= 15 is 0 Å². The fraction of sp³-hybridized carbons (Fsp3) is 0.538. The summed E-state index contributed by atoms with van der Waals surface area (Å²) in [5.74, 6) is 0. The Bertz CT molecular complexity index is 310. The largest absolute Gasteiger partial charge is 0.324 e. The number of hydrogen-bond donors (Lipinski definition) is 1. The van der Waals surface area contributed by atoms with E-state index < -0.39 is 0 Å². The Hall–Kier alpha value is -0.860. The molecule has 0 aromatic heterocycles. The van der Waals surface area contributed by atoms with E-state index in [1.807, 2.05) is 0 Å². The fourth-order valence-electron chi connectivity index (χ4n) is 2.25. The molecule has 2 nitrogen and oxygen atoms in total. The number of rotatable bonds is 3. The Balaban J connectivity index is 1.93. The Kier molecular flexibility index (Phi) is 3.08. The monoisotopic (exact) mass is 204 g/mol. The van der Waals surface area contributed by atoms with E-state index in [2.05, 4.69) is 42.2 Å². The lowest BCUT2D eigenvalue weighted by atomic mass is 9.97. The molecule has 1 atom stereocenters. The van der Waals surface area contributed by atoms with Crippen molar-refractivity contribution in [3.05, 3.63) is 35.9 Å². The van der Waals surface area contributed by atoms with Crippen molar-refractivity contribution in [3.63, 3.8) is 0 Å². The predicted octanol–water partition coefficient (Wildman–Crippen LogP) is 2.00. The second-order valence-corrected chi connectivity index (χ2v) is 4.66. The van der Waals surface area contributed by atoms with Gasteiger partial charge in [0.1, 0.15) is 0 Å². The summed E-state index contributed by atoms with van der Waals surface area (Å²) in [5, 5.41) is 0. The molecule has 1 heterocycles. The zero-order valence-electron chi connectivity index (χ0n) is 9.45. The predicted molar refractivity (Wildman–Crippen MR) is 63.5 cm³/mol. The van der Waals surface area contributed by atoms with Crippen LogP contribution in [0.15, 0.2) is 30.3 Å². The van der Waals surface area contributed by atoms with E-state index in [0.29, 0.717) is 0 Å². The highest BCUT2D eigenvalue weighted by Gasteiger charge is 2.32. The zero-order valence-corrected chi connectivity index (χ0v) is 9.45.